The van der Waals surface area contributed by atoms with E-state index in [9.17, 15) is 5.26 Å². The summed E-state index contributed by atoms with van der Waals surface area (Å²) in [5.74, 6) is 0.798. The zero-order valence-electron chi connectivity index (χ0n) is 12.4. The van der Waals surface area contributed by atoms with Crippen LogP contribution in [0.2, 0.25) is 5.02 Å². The number of anilines is 1. The molecule has 0 radical (unpaired) electrons. The van der Waals surface area contributed by atoms with Crippen molar-refractivity contribution in [1.82, 2.24) is 4.90 Å². The van der Waals surface area contributed by atoms with Crippen molar-refractivity contribution in [2.45, 2.75) is 25.7 Å². The van der Waals surface area contributed by atoms with Gasteiger partial charge in [-0.15, -0.1) is 0 Å². The van der Waals surface area contributed by atoms with Crippen LogP contribution < -0.4 is 4.90 Å². The number of likely N-dealkylation sites (tertiary alicyclic amines) is 1. The zero-order chi connectivity index (χ0) is 14.7. The van der Waals surface area contributed by atoms with Gasteiger partial charge in [0.25, 0.3) is 0 Å². The second-order valence-corrected chi connectivity index (χ2v) is 6.59. The molecule has 2 heterocycles. The highest BCUT2D eigenvalue weighted by Gasteiger charge is 2.25. The summed E-state index contributed by atoms with van der Waals surface area (Å²) in [5, 5.41) is 9.97. The highest BCUT2D eigenvalue weighted by atomic mass is 35.5. The van der Waals surface area contributed by atoms with E-state index in [1.54, 1.807) is 0 Å². The summed E-state index contributed by atoms with van der Waals surface area (Å²) in [4.78, 5) is 4.90. The Morgan fingerprint density at radius 3 is 2.52 bits per heavy atom. The van der Waals surface area contributed by atoms with E-state index in [0.29, 0.717) is 10.6 Å². The molecule has 2 saturated heterocycles. The van der Waals surface area contributed by atoms with Gasteiger partial charge in [0, 0.05) is 19.6 Å². The number of hydrogen-bond acceptors (Lipinski definition) is 3. The van der Waals surface area contributed by atoms with Gasteiger partial charge < -0.3 is 9.80 Å². The largest absolute Gasteiger partial charge is 0.369 e. The highest BCUT2D eigenvalue weighted by Crippen LogP contribution is 2.33. The fraction of sp³-hybridized carbons (Fsp3) is 0.588. The lowest BCUT2D eigenvalue weighted by Crippen LogP contribution is -2.38. The Labute approximate surface area is 132 Å². The molecule has 21 heavy (non-hydrogen) atoms. The fourth-order valence-corrected chi connectivity index (χ4v) is 3.89. The summed E-state index contributed by atoms with van der Waals surface area (Å²) in [6.07, 6.45) is 5.13. The van der Waals surface area contributed by atoms with Crippen molar-refractivity contribution in [2.24, 2.45) is 5.92 Å². The van der Waals surface area contributed by atoms with Crippen LogP contribution in [0.1, 0.15) is 31.2 Å². The number of benzene rings is 1. The smallest absolute Gasteiger partial charge is 0.101 e. The molecule has 2 fully saturated rings. The van der Waals surface area contributed by atoms with Gasteiger partial charge >= 0.3 is 0 Å². The maximum absolute atomic E-state index is 9.27. The van der Waals surface area contributed by atoms with E-state index in [0.717, 1.165) is 24.7 Å². The predicted octanol–water partition coefficient (Wildman–Crippen LogP) is 3.52. The van der Waals surface area contributed by atoms with E-state index < -0.39 is 0 Å². The molecular formula is C17H22ClN3. The van der Waals surface area contributed by atoms with Crippen LogP contribution in [0.15, 0.2) is 18.2 Å². The number of halogens is 1. The first-order valence-electron chi connectivity index (χ1n) is 7.94. The molecule has 1 aromatic carbocycles. The lowest BCUT2D eigenvalue weighted by atomic mass is 9.95. The number of nitrogens with zero attached hydrogens (tertiary/aromatic N) is 3. The molecule has 0 aromatic heterocycles. The molecule has 3 rings (SSSR count). The molecule has 0 saturated carbocycles. The van der Waals surface area contributed by atoms with Crippen LogP contribution >= 0.6 is 11.6 Å². The van der Waals surface area contributed by atoms with Crippen LogP contribution in [0.25, 0.3) is 0 Å². The van der Waals surface area contributed by atoms with Crippen LogP contribution in [-0.2, 0) is 0 Å². The second-order valence-electron chi connectivity index (χ2n) is 6.19. The van der Waals surface area contributed by atoms with Crippen LogP contribution in [0.4, 0.5) is 5.69 Å². The van der Waals surface area contributed by atoms with Gasteiger partial charge in [-0.2, -0.15) is 5.26 Å². The van der Waals surface area contributed by atoms with Gasteiger partial charge in [-0.25, -0.2) is 0 Å². The number of para-hydroxylation sites is 1. The lowest BCUT2D eigenvalue weighted by Gasteiger charge is -2.36. The number of piperidine rings is 1. The molecule has 0 amide bonds. The van der Waals surface area contributed by atoms with Crippen LogP contribution in [0.5, 0.6) is 0 Å². The van der Waals surface area contributed by atoms with E-state index in [2.05, 4.69) is 15.9 Å². The highest BCUT2D eigenvalue weighted by molar-refractivity contribution is 6.33. The van der Waals surface area contributed by atoms with Crippen molar-refractivity contribution in [3.63, 3.8) is 0 Å². The number of rotatable bonds is 3. The van der Waals surface area contributed by atoms with Gasteiger partial charge in [0.1, 0.15) is 6.07 Å². The molecule has 1 aromatic rings. The Morgan fingerprint density at radius 2 is 1.86 bits per heavy atom. The first-order valence-corrected chi connectivity index (χ1v) is 8.31. The molecule has 3 nitrogen and oxygen atoms in total. The summed E-state index contributed by atoms with van der Waals surface area (Å²) in [5.41, 5.74) is 1.63. The van der Waals surface area contributed by atoms with Gasteiger partial charge in [-0.1, -0.05) is 17.7 Å². The quantitative estimate of drug-likeness (QED) is 0.856. The summed E-state index contributed by atoms with van der Waals surface area (Å²) < 4.78 is 0. The Kier molecular flexibility index (Phi) is 4.67. The van der Waals surface area contributed by atoms with Gasteiger partial charge in [-0.05, 0) is 56.8 Å². The van der Waals surface area contributed by atoms with Gasteiger partial charge in [0.2, 0.25) is 0 Å². The second kappa shape index (κ2) is 6.68. The first-order chi connectivity index (χ1) is 10.3. The Hall–Kier alpha value is -1.24. The number of nitriles is 1. The molecule has 0 aliphatic carbocycles. The Balaban J connectivity index is 1.62. The molecule has 0 atom stereocenters. The summed E-state index contributed by atoms with van der Waals surface area (Å²) >= 11 is 6.31. The molecule has 4 heteroatoms. The third kappa shape index (κ3) is 3.33. The normalized spacial score (nSPS) is 20.7. The van der Waals surface area contributed by atoms with Crippen LogP contribution in [0, 0.1) is 17.2 Å². The van der Waals surface area contributed by atoms with E-state index in [-0.39, 0.29) is 0 Å². The van der Waals surface area contributed by atoms with Crippen molar-refractivity contribution < 1.29 is 0 Å². The monoisotopic (exact) mass is 303 g/mol. The van der Waals surface area contributed by atoms with Crippen molar-refractivity contribution in [1.29, 1.82) is 5.26 Å². The molecule has 0 N–H and O–H groups in total. The topological polar surface area (TPSA) is 30.3 Å². The maximum atomic E-state index is 9.27. The maximum Gasteiger partial charge on any atom is 0.101 e. The molecule has 2 aliphatic rings. The Bertz CT molecular complexity index is 523. The molecule has 0 unspecified atom stereocenters. The molecule has 112 valence electrons. The summed E-state index contributed by atoms with van der Waals surface area (Å²) in [6, 6.07) is 7.86. The van der Waals surface area contributed by atoms with Crippen molar-refractivity contribution in [3.05, 3.63) is 28.8 Å². The van der Waals surface area contributed by atoms with E-state index >= 15 is 0 Å². The number of hydrogen-bond donors (Lipinski definition) is 0. The van der Waals surface area contributed by atoms with E-state index in [1.165, 1.54) is 45.3 Å². The lowest BCUT2D eigenvalue weighted by molar-refractivity contribution is 0.249. The van der Waals surface area contributed by atoms with Crippen molar-refractivity contribution in [3.8, 4) is 6.07 Å². The Morgan fingerprint density at radius 1 is 1.14 bits per heavy atom. The third-order valence-electron chi connectivity index (χ3n) is 4.75. The fourth-order valence-electron chi connectivity index (χ4n) is 3.60. The van der Waals surface area contributed by atoms with Crippen LogP contribution in [-0.4, -0.2) is 37.6 Å². The first kappa shape index (κ1) is 14.7. The summed E-state index contributed by atoms with van der Waals surface area (Å²) in [6.45, 7) is 5.84. The molecule has 0 bridgehead atoms. The summed E-state index contributed by atoms with van der Waals surface area (Å²) in [7, 11) is 0. The van der Waals surface area contributed by atoms with Crippen molar-refractivity contribution in [2.75, 3.05) is 37.6 Å². The van der Waals surface area contributed by atoms with Crippen molar-refractivity contribution >= 4 is 17.3 Å². The third-order valence-corrected chi connectivity index (χ3v) is 5.06. The predicted molar refractivity (Wildman–Crippen MR) is 86.8 cm³/mol. The van der Waals surface area contributed by atoms with Gasteiger partial charge in [0.05, 0.1) is 16.3 Å². The van der Waals surface area contributed by atoms with Gasteiger partial charge in [-0.3, -0.25) is 0 Å². The van der Waals surface area contributed by atoms with Gasteiger partial charge in [0.15, 0.2) is 0 Å². The minimum Gasteiger partial charge on any atom is -0.369 e. The average Bonchev–Trinajstić information content (AvgIpc) is 3.01. The SMILES string of the molecule is N#Cc1cccc(Cl)c1N1CCC(CN2CCCC2)CC1. The molecular weight excluding hydrogens is 282 g/mol. The van der Waals surface area contributed by atoms with E-state index in [1.807, 2.05) is 18.2 Å². The van der Waals surface area contributed by atoms with Crippen LogP contribution in [0.3, 0.4) is 0 Å². The molecule has 0 spiro atoms. The molecule has 2 aliphatic heterocycles. The minimum absolute atomic E-state index is 0.695. The minimum atomic E-state index is 0.695. The average molecular weight is 304 g/mol. The van der Waals surface area contributed by atoms with E-state index in [4.69, 9.17) is 11.6 Å². The standard InChI is InChI=1S/C17H22ClN3/c18-16-5-3-4-15(12-19)17(16)21-10-6-14(7-11-21)13-20-8-1-2-9-20/h3-5,14H,1-2,6-11,13H2. The zero-order valence-corrected chi connectivity index (χ0v) is 13.1.